The fourth-order valence-corrected chi connectivity index (χ4v) is 2.14. The second kappa shape index (κ2) is 7.02. The fourth-order valence-electron chi connectivity index (χ4n) is 2.14. The topological polar surface area (TPSA) is 129 Å². The van der Waals surface area contributed by atoms with Gasteiger partial charge in [0.25, 0.3) is 5.56 Å². The van der Waals surface area contributed by atoms with Gasteiger partial charge in [-0.25, -0.2) is 9.31 Å². The molecule has 0 saturated carbocycles. The quantitative estimate of drug-likeness (QED) is 0.622. The number of nitrogens with one attached hydrogen (secondary N) is 2. The van der Waals surface area contributed by atoms with Gasteiger partial charge in [-0.15, -0.1) is 0 Å². The van der Waals surface area contributed by atoms with Crippen LogP contribution in [0.3, 0.4) is 0 Å². The minimum atomic E-state index is -1.20. The lowest BCUT2D eigenvalue weighted by atomic mass is 10.1. The first-order chi connectivity index (χ1) is 11.2. The number of alkyl carbamates (subject to hydrolysis) is 1. The molecule has 9 nitrogen and oxygen atoms in total. The zero-order valence-electron chi connectivity index (χ0n) is 13.8. The number of hydrogen-bond acceptors (Lipinski definition) is 6. The Morgan fingerprint density at radius 3 is 2.79 bits per heavy atom. The summed E-state index contributed by atoms with van der Waals surface area (Å²) >= 11 is 0. The van der Waals surface area contributed by atoms with Crippen LogP contribution in [0.2, 0.25) is 0 Å². The number of nitrogens with zero attached hydrogens (tertiary/aromatic N) is 2. The van der Waals surface area contributed by atoms with Crippen LogP contribution in [0.5, 0.6) is 0 Å². The normalized spacial score (nSPS) is 14.4. The Labute approximate surface area is 138 Å². The van der Waals surface area contributed by atoms with E-state index in [2.05, 4.69) is 15.4 Å². The summed E-state index contributed by atoms with van der Waals surface area (Å²) in [7, 11) is 0. The van der Waals surface area contributed by atoms with Gasteiger partial charge in [-0.2, -0.15) is 5.10 Å². The molecule has 0 saturated heterocycles. The van der Waals surface area contributed by atoms with Gasteiger partial charge >= 0.3 is 6.09 Å². The van der Waals surface area contributed by atoms with Crippen LogP contribution in [0.15, 0.2) is 23.4 Å². The molecule has 0 fully saturated rings. The van der Waals surface area contributed by atoms with E-state index >= 15 is 0 Å². The molecule has 2 rings (SSSR count). The summed E-state index contributed by atoms with van der Waals surface area (Å²) < 4.78 is 6.40. The SMILES string of the molecule is CC(C)(C)OC(=O)NCCC(O)C(O)c1cc2c(=O)[nH]cnn2c1. The average Bonchev–Trinajstić information content (AvgIpc) is 2.90. The van der Waals surface area contributed by atoms with E-state index in [1.165, 1.54) is 23.1 Å². The highest BCUT2D eigenvalue weighted by atomic mass is 16.6. The lowest BCUT2D eigenvalue weighted by molar-refractivity contribution is 0.0123. The molecule has 2 atom stereocenters. The van der Waals surface area contributed by atoms with Crippen LogP contribution < -0.4 is 10.9 Å². The van der Waals surface area contributed by atoms with Crippen molar-refractivity contribution < 1.29 is 19.7 Å². The molecule has 0 aliphatic carbocycles. The molecule has 2 aromatic rings. The zero-order valence-corrected chi connectivity index (χ0v) is 13.8. The van der Waals surface area contributed by atoms with E-state index < -0.39 is 23.9 Å². The number of hydrogen-bond donors (Lipinski definition) is 4. The van der Waals surface area contributed by atoms with Crippen LogP contribution in [0.25, 0.3) is 5.52 Å². The first-order valence-electron chi connectivity index (χ1n) is 7.56. The predicted molar refractivity (Wildman–Crippen MR) is 85.6 cm³/mol. The highest BCUT2D eigenvalue weighted by Gasteiger charge is 2.21. The van der Waals surface area contributed by atoms with Gasteiger partial charge in [0.1, 0.15) is 23.5 Å². The third kappa shape index (κ3) is 4.56. The van der Waals surface area contributed by atoms with Crippen molar-refractivity contribution in [3.63, 3.8) is 0 Å². The Hall–Kier alpha value is -2.39. The summed E-state index contributed by atoms with van der Waals surface area (Å²) in [5.41, 5.74) is -0.311. The van der Waals surface area contributed by atoms with E-state index in [0.29, 0.717) is 5.56 Å². The van der Waals surface area contributed by atoms with Gasteiger partial charge in [-0.3, -0.25) is 4.79 Å². The van der Waals surface area contributed by atoms with Crippen molar-refractivity contribution >= 4 is 11.6 Å². The molecule has 0 radical (unpaired) electrons. The first-order valence-corrected chi connectivity index (χ1v) is 7.56. The van der Waals surface area contributed by atoms with Crippen molar-refractivity contribution in [2.75, 3.05) is 6.54 Å². The molecule has 0 bridgehead atoms. The molecule has 0 aliphatic rings. The number of carbonyl (C=O) groups excluding carboxylic acids is 1. The van der Waals surface area contributed by atoms with E-state index in [-0.39, 0.29) is 24.0 Å². The standard InChI is InChI=1S/C15H22N4O5/c1-15(2,3)24-14(23)16-5-4-11(20)12(21)9-6-10-13(22)17-8-18-19(10)7-9/h6-8,11-12,20-21H,4-5H2,1-3H3,(H,16,23)(H,17,18,22). The van der Waals surface area contributed by atoms with Crippen LogP contribution >= 0.6 is 0 Å². The smallest absolute Gasteiger partial charge is 0.407 e. The minimum Gasteiger partial charge on any atom is -0.444 e. The van der Waals surface area contributed by atoms with Gasteiger partial charge in [0.15, 0.2) is 0 Å². The lowest BCUT2D eigenvalue weighted by Gasteiger charge is -2.21. The number of ether oxygens (including phenoxy) is 1. The number of amides is 1. The molecular weight excluding hydrogens is 316 g/mol. The molecule has 132 valence electrons. The van der Waals surface area contributed by atoms with E-state index in [1.54, 1.807) is 20.8 Å². The monoisotopic (exact) mass is 338 g/mol. The Morgan fingerprint density at radius 2 is 2.17 bits per heavy atom. The first kappa shape index (κ1) is 18.0. The van der Waals surface area contributed by atoms with Gasteiger partial charge in [-0.05, 0) is 33.3 Å². The molecule has 2 aromatic heterocycles. The Balaban J connectivity index is 1.92. The Bertz CT molecular complexity index is 761. The van der Waals surface area contributed by atoms with Crippen LogP contribution in [-0.2, 0) is 4.74 Å². The summed E-state index contributed by atoms with van der Waals surface area (Å²) in [5.74, 6) is 0. The molecule has 1 amide bonds. The molecule has 4 N–H and O–H groups in total. The van der Waals surface area contributed by atoms with E-state index in [4.69, 9.17) is 4.74 Å². The van der Waals surface area contributed by atoms with Crippen molar-refractivity contribution in [3.05, 3.63) is 34.5 Å². The van der Waals surface area contributed by atoms with Crippen LogP contribution in [-0.4, -0.2) is 49.2 Å². The number of aliphatic hydroxyl groups is 2. The van der Waals surface area contributed by atoms with Crippen molar-refractivity contribution in [3.8, 4) is 0 Å². The van der Waals surface area contributed by atoms with Crippen molar-refractivity contribution in [1.82, 2.24) is 19.9 Å². The predicted octanol–water partition coefficient (Wildman–Crippen LogP) is 0.332. The number of rotatable bonds is 5. The summed E-state index contributed by atoms with van der Waals surface area (Å²) in [6.07, 6.45) is -0.0690. The summed E-state index contributed by atoms with van der Waals surface area (Å²) in [6, 6.07) is 1.46. The largest absolute Gasteiger partial charge is 0.444 e. The van der Waals surface area contributed by atoms with E-state index in [9.17, 15) is 19.8 Å². The van der Waals surface area contributed by atoms with Crippen LogP contribution in [0.4, 0.5) is 4.79 Å². The summed E-state index contributed by atoms with van der Waals surface area (Å²) in [5, 5.41) is 26.7. The van der Waals surface area contributed by atoms with Crippen LogP contribution in [0, 0.1) is 0 Å². The van der Waals surface area contributed by atoms with Gasteiger partial charge in [-0.1, -0.05) is 0 Å². The van der Waals surface area contributed by atoms with Gasteiger partial charge in [0, 0.05) is 18.3 Å². The number of H-pyrrole nitrogens is 1. The zero-order chi connectivity index (χ0) is 17.9. The molecule has 0 spiro atoms. The number of carbonyl (C=O) groups is 1. The number of aromatic amines is 1. The number of fused-ring (bicyclic) bond motifs is 1. The molecule has 9 heteroatoms. The summed E-state index contributed by atoms with van der Waals surface area (Å²) in [4.78, 5) is 25.6. The fraction of sp³-hybridized carbons (Fsp3) is 0.533. The Morgan fingerprint density at radius 1 is 1.46 bits per heavy atom. The van der Waals surface area contributed by atoms with Crippen LogP contribution in [0.1, 0.15) is 38.9 Å². The molecule has 0 aliphatic heterocycles. The average molecular weight is 338 g/mol. The molecule has 0 aromatic carbocycles. The third-order valence-electron chi connectivity index (χ3n) is 3.25. The van der Waals surface area contributed by atoms with E-state index in [0.717, 1.165) is 0 Å². The Kier molecular flexibility index (Phi) is 5.25. The maximum absolute atomic E-state index is 11.6. The van der Waals surface area contributed by atoms with E-state index in [1.807, 2.05) is 0 Å². The maximum Gasteiger partial charge on any atom is 0.407 e. The molecule has 2 heterocycles. The molecule has 24 heavy (non-hydrogen) atoms. The summed E-state index contributed by atoms with van der Waals surface area (Å²) in [6.45, 7) is 5.38. The molecule has 2 unspecified atom stereocenters. The van der Waals surface area contributed by atoms with Gasteiger partial charge < -0.3 is 25.3 Å². The van der Waals surface area contributed by atoms with Gasteiger partial charge in [0.05, 0.1) is 6.10 Å². The third-order valence-corrected chi connectivity index (χ3v) is 3.25. The second-order valence-electron chi connectivity index (χ2n) is 6.45. The maximum atomic E-state index is 11.6. The second-order valence-corrected chi connectivity index (χ2v) is 6.45. The molecular formula is C15H22N4O5. The number of aliphatic hydroxyl groups excluding tert-OH is 2. The number of aromatic nitrogens is 3. The minimum absolute atomic E-state index is 0.121. The highest BCUT2D eigenvalue weighted by molar-refractivity contribution is 5.67. The van der Waals surface area contributed by atoms with Crippen molar-refractivity contribution in [2.24, 2.45) is 0 Å². The van der Waals surface area contributed by atoms with Crippen molar-refractivity contribution in [1.29, 1.82) is 0 Å². The van der Waals surface area contributed by atoms with Gasteiger partial charge in [0.2, 0.25) is 0 Å². The highest BCUT2D eigenvalue weighted by Crippen LogP contribution is 2.20. The lowest BCUT2D eigenvalue weighted by Crippen LogP contribution is -2.34. The van der Waals surface area contributed by atoms with Crippen molar-refractivity contribution in [2.45, 2.75) is 45.0 Å².